The third kappa shape index (κ3) is 3.37. The minimum Gasteiger partial charge on any atom is -0.372 e. The predicted octanol–water partition coefficient (Wildman–Crippen LogP) is 2.59. The summed E-state index contributed by atoms with van der Waals surface area (Å²) in [5.74, 6) is 2.00. The second kappa shape index (κ2) is 6.01. The Morgan fingerprint density at radius 3 is 2.69 bits per heavy atom. The van der Waals surface area contributed by atoms with Gasteiger partial charge in [0.1, 0.15) is 0 Å². The van der Waals surface area contributed by atoms with Gasteiger partial charge in [0.05, 0.1) is 12.4 Å². The molecule has 13 heavy (non-hydrogen) atoms. The summed E-state index contributed by atoms with van der Waals surface area (Å²) in [5.41, 5.74) is 0. The zero-order valence-corrected chi connectivity index (χ0v) is 8.97. The fraction of sp³-hybridized carbons (Fsp3) is 0.909. The van der Waals surface area contributed by atoms with Gasteiger partial charge in [0.2, 0.25) is 0 Å². The highest BCUT2D eigenvalue weighted by Crippen LogP contribution is 2.17. The van der Waals surface area contributed by atoms with Crippen LogP contribution in [0.5, 0.6) is 0 Å². The molecule has 0 radical (unpaired) electrons. The molecule has 1 unspecified atom stereocenters. The van der Waals surface area contributed by atoms with Gasteiger partial charge in [0, 0.05) is 12.5 Å². The van der Waals surface area contributed by atoms with E-state index in [1.807, 2.05) is 0 Å². The van der Waals surface area contributed by atoms with E-state index in [9.17, 15) is 0 Å². The number of aliphatic imine (C=N–C) groups is 1. The van der Waals surface area contributed by atoms with Crippen LogP contribution in [-0.2, 0) is 0 Å². The average molecular weight is 182 g/mol. The molecule has 0 spiro atoms. The molecule has 76 valence electrons. The van der Waals surface area contributed by atoms with Gasteiger partial charge in [-0.25, -0.2) is 0 Å². The van der Waals surface area contributed by atoms with E-state index < -0.39 is 0 Å². The monoisotopic (exact) mass is 182 g/mol. The second-order valence-electron chi connectivity index (χ2n) is 3.82. The number of rotatable bonds is 6. The molecule has 0 aliphatic carbocycles. The van der Waals surface area contributed by atoms with Crippen molar-refractivity contribution in [1.29, 1.82) is 0 Å². The van der Waals surface area contributed by atoms with Crippen LogP contribution in [0.25, 0.3) is 0 Å². The first-order valence-corrected chi connectivity index (χ1v) is 5.66. The van der Waals surface area contributed by atoms with Crippen molar-refractivity contribution < 1.29 is 0 Å². The maximum absolute atomic E-state index is 4.51. The van der Waals surface area contributed by atoms with Gasteiger partial charge in [-0.3, -0.25) is 4.99 Å². The van der Waals surface area contributed by atoms with Crippen LogP contribution >= 0.6 is 0 Å². The molecule has 0 aromatic heterocycles. The summed E-state index contributed by atoms with van der Waals surface area (Å²) in [6.45, 7) is 6.56. The molecule has 1 rings (SSSR count). The molecule has 2 nitrogen and oxygen atoms in total. The van der Waals surface area contributed by atoms with E-state index in [-0.39, 0.29) is 0 Å². The van der Waals surface area contributed by atoms with Gasteiger partial charge in [-0.05, 0) is 12.8 Å². The van der Waals surface area contributed by atoms with Gasteiger partial charge >= 0.3 is 0 Å². The molecule has 0 saturated carbocycles. The molecule has 1 heterocycles. The first-order valence-electron chi connectivity index (χ1n) is 5.66. The quantitative estimate of drug-likeness (QED) is 0.671. The highest BCUT2D eigenvalue weighted by Gasteiger charge is 2.16. The number of nitrogens with one attached hydrogen (secondary N) is 1. The van der Waals surface area contributed by atoms with Crippen molar-refractivity contribution in [3.05, 3.63) is 0 Å². The summed E-state index contributed by atoms with van der Waals surface area (Å²) in [6.07, 6.45) is 6.52. The van der Waals surface area contributed by atoms with Crippen molar-refractivity contribution in [3.8, 4) is 0 Å². The lowest BCUT2D eigenvalue weighted by Gasteiger charge is -2.15. The summed E-state index contributed by atoms with van der Waals surface area (Å²) >= 11 is 0. The third-order valence-electron chi connectivity index (χ3n) is 2.63. The number of unbranched alkanes of at least 4 members (excludes halogenated alkanes) is 1. The molecular weight excluding hydrogens is 160 g/mol. The molecule has 1 aliphatic heterocycles. The Balaban J connectivity index is 2.36. The Kier molecular flexibility index (Phi) is 4.87. The fourth-order valence-corrected chi connectivity index (χ4v) is 1.91. The maximum Gasteiger partial charge on any atom is 0.0995 e. The van der Waals surface area contributed by atoms with E-state index in [2.05, 4.69) is 24.2 Å². The van der Waals surface area contributed by atoms with Crippen molar-refractivity contribution in [2.75, 3.05) is 13.1 Å². The SMILES string of the molecule is CCCCC(CCC)C1=NCCN1. The minimum absolute atomic E-state index is 0.715. The molecular formula is C11H22N2. The zero-order valence-electron chi connectivity index (χ0n) is 8.97. The summed E-state index contributed by atoms with van der Waals surface area (Å²) < 4.78 is 0. The standard InChI is InChI=1S/C11H22N2/c1-3-5-7-10(6-4-2)11-12-8-9-13-11/h10H,3-9H2,1-2H3,(H,12,13). The van der Waals surface area contributed by atoms with Crippen LogP contribution < -0.4 is 5.32 Å². The number of nitrogens with zero attached hydrogens (tertiary/aromatic N) is 1. The van der Waals surface area contributed by atoms with Crippen LogP contribution in [0.4, 0.5) is 0 Å². The van der Waals surface area contributed by atoms with Crippen molar-refractivity contribution in [2.45, 2.75) is 46.0 Å². The highest BCUT2D eigenvalue weighted by molar-refractivity contribution is 5.85. The molecule has 0 amide bonds. The number of hydrogen-bond acceptors (Lipinski definition) is 2. The van der Waals surface area contributed by atoms with Gasteiger partial charge in [-0.15, -0.1) is 0 Å². The molecule has 0 aromatic carbocycles. The smallest absolute Gasteiger partial charge is 0.0995 e. The lowest BCUT2D eigenvalue weighted by atomic mass is 9.96. The van der Waals surface area contributed by atoms with Crippen LogP contribution in [0.15, 0.2) is 4.99 Å². The van der Waals surface area contributed by atoms with E-state index in [0.29, 0.717) is 5.92 Å². The van der Waals surface area contributed by atoms with Crippen LogP contribution in [0.1, 0.15) is 46.0 Å². The lowest BCUT2D eigenvalue weighted by molar-refractivity contribution is 0.530. The van der Waals surface area contributed by atoms with Gasteiger partial charge in [-0.2, -0.15) is 0 Å². The molecule has 1 N–H and O–H groups in total. The molecule has 0 saturated heterocycles. The van der Waals surface area contributed by atoms with Crippen LogP contribution in [0, 0.1) is 5.92 Å². The van der Waals surface area contributed by atoms with Crippen LogP contribution in [-0.4, -0.2) is 18.9 Å². The minimum atomic E-state index is 0.715. The Morgan fingerprint density at radius 1 is 1.31 bits per heavy atom. The molecule has 1 aliphatic rings. The van der Waals surface area contributed by atoms with Crippen molar-refractivity contribution >= 4 is 5.84 Å². The maximum atomic E-state index is 4.51. The molecule has 1 atom stereocenters. The predicted molar refractivity (Wildman–Crippen MR) is 58.2 cm³/mol. The van der Waals surface area contributed by atoms with E-state index in [1.165, 1.54) is 37.9 Å². The summed E-state index contributed by atoms with van der Waals surface area (Å²) in [4.78, 5) is 4.51. The van der Waals surface area contributed by atoms with Crippen LogP contribution in [0.3, 0.4) is 0 Å². The topological polar surface area (TPSA) is 24.4 Å². The summed E-state index contributed by atoms with van der Waals surface area (Å²) in [7, 11) is 0. The molecule has 0 bridgehead atoms. The van der Waals surface area contributed by atoms with Gasteiger partial charge in [0.15, 0.2) is 0 Å². The Bertz CT molecular complexity index is 163. The highest BCUT2D eigenvalue weighted by atomic mass is 15.1. The molecule has 2 heteroatoms. The Labute approximate surface area is 81.8 Å². The molecule has 0 fully saturated rings. The van der Waals surface area contributed by atoms with Gasteiger partial charge in [-0.1, -0.05) is 33.1 Å². The first kappa shape index (κ1) is 10.6. The summed E-state index contributed by atoms with van der Waals surface area (Å²) in [6, 6.07) is 0. The lowest BCUT2D eigenvalue weighted by Crippen LogP contribution is -2.27. The van der Waals surface area contributed by atoms with E-state index >= 15 is 0 Å². The van der Waals surface area contributed by atoms with Crippen molar-refractivity contribution in [1.82, 2.24) is 5.32 Å². The number of amidine groups is 1. The third-order valence-corrected chi connectivity index (χ3v) is 2.63. The summed E-state index contributed by atoms with van der Waals surface area (Å²) in [5, 5.41) is 3.40. The van der Waals surface area contributed by atoms with E-state index in [4.69, 9.17) is 0 Å². The molecule has 0 aromatic rings. The Hall–Kier alpha value is -0.530. The Morgan fingerprint density at radius 2 is 2.15 bits per heavy atom. The number of hydrogen-bond donors (Lipinski definition) is 1. The second-order valence-corrected chi connectivity index (χ2v) is 3.82. The van der Waals surface area contributed by atoms with Crippen LogP contribution in [0.2, 0.25) is 0 Å². The largest absolute Gasteiger partial charge is 0.372 e. The first-order chi connectivity index (χ1) is 6.38. The van der Waals surface area contributed by atoms with E-state index in [1.54, 1.807) is 0 Å². The van der Waals surface area contributed by atoms with Crippen molar-refractivity contribution in [3.63, 3.8) is 0 Å². The normalized spacial score (nSPS) is 18.2. The van der Waals surface area contributed by atoms with E-state index in [0.717, 1.165) is 13.1 Å². The van der Waals surface area contributed by atoms with Crippen molar-refractivity contribution in [2.24, 2.45) is 10.9 Å². The zero-order chi connectivity index (χ0) is 9.52. The fourth-order valence-electron chi connectivity index (χ4n) is 1.91. The van der Waals surface area contributed by atoms with Gasteiger partial charge in [0.25, 0.3) is 0 Å². The van der Waals surface area contributed by atoms with Gasteiger partial charge < -0.3 is 5.32 Å². The average Bonchev–Trinajstić information content (AvgIpc) is 2.65.